The Morgan fingerprint density at radius 2 is 1.80 bits per heavy atom. The quantitative estimate of drug-likeness (QED) is 0.669. The van der Waals surface area contributed by atoms with Crippen molar-refractivity contribution in [1.82, 2.24) is 10.6 Å². The molecule has 108 valence electrons. The van der Waals surface area contributed by atoms with E-state index in [9.17, 15) is 14.4 Å². The number of carbonyl (C=O) groups excluding carboxylic acids is 2. The van der Waals surface area contributed by atoms with Gasteiger partial charge < -0.3 is 15.7 Å². The number of nitrogens with one attached hydrogen (secondary N) is 2. The van der Waals surface area contributed by atoms with Gasteiger partial charge in [-0.15, -0.1) is 0 Å². The Bertz CT molecular complexity index is 473. The van der Waals surface area contributed by atoms with Crippen molar-refractivity contribution in [3.63, 3.8) is 0 Å². The number of carboxylic acids is 1. The summed E-state index contributed by atoms with van der Waals surface area (Å²) in [4.78, 5) is 33.7. The first-order valence-electron chi connectivity index (χ1n) is 6.35. The average Bonchev–Trinajstić information content (AvgIpc) is 2.45. The molecule has 0 aliphatic carbocycles. The normalized spacial score (nSPS) is 11.4. The minimum absolute atomic E-state index is 0.198. The van der Waals surface area contributed by atoms with Crippen LogP contribution < -0.4 is 10.6 Å². The van der Waals surface area contributed by atoms with Gasteiger partial charge in [-0.3, -0.25) is 9.59 Å². The lowest BCUT2D eigenvalue weighted by atomic mass is 10.1. The molecule has 0 aliphatic rings. The lowest BCUT2D eigenvalue weighted by molar-refractivity contribution is -0.141. The van der Waals surface area contributed by atoms with Crippen LogP contribution in [-0.4, -0.2) is 35.5 Å². The molecular formula is C14H18N2O4. The fraction of sp³-hybridized carbons (Fsp3) is 0.357. The number of hydrogen-bond acceptors (Lipinski definition) is 3. The molecule has 6 heteroatoms. The third-order valence-electron chi connectivity index (χ3n) is 2.68. The molecule has 0 heterocycles. The van der Waals surface area contributed by atoms with Gasteiger partial charge in [0.1, 0.15) is 6.04 Å². The topological polar surface area (TPSA) is 95.5 Å². The molecule has 1 atom stereocenters. The highest BCUT2D eigenvalue weighted by Gasteiger charge is 2.20. The third-order valence-corrected chi connectivity index (χ3v) is 2.68. The second-order valence-corrected chi connectivity index (χ2v) is 4.28. The highest BCUT2D eigenvalue weighted by molar-refractivity contribution is 5.87. The SMILES string of the molecule is CCC(=O)NCC(=O)N[C@@H](Cc1ccccc1)C(=O)O. The molecule has 0 aliphatic heterocycles. The molecule has 6 nitrogen and oxygen atoms in total. The molecular weight excluding hydrogens is 260 g/mol. The maximum atomic E-state index is 11.6. The van der Waals surface area contributed by atoms with E-state index in [0.29, 0.717) is 0 Å². The molecule has 1 aromatic rings. The van der Waals surface area contributed by atoms with Crippen LogP contribution in [0.2, 0.25) is 0 Å². The van der Waals surface area contributed by atoms with Gasteiger partial charge in [0, 0.05) is 12.8 Å². The number of benzene rings is 1. The zero-order valence-corrected chi connectivity index (χ0v) is 11.3. The third kappa shape index (κ3) is 5.51. The van der Waals surface area contributed by atoms with Gasteiger partial charge in [0.15, 0.2) is 0 Å². The Hall–Kier alpha value is -2.37. The highest BCUT2D eigenvalue weighted by Crippen LogP contribution is 2.03. The van der Waals surface area contributed by atoms with Crippen LogP contribution in [0.5, 0.6) is 0 Å². The molecule has 3 N–H and O–H groups in total. The fourth-order valence-electron chi connectivity index (χ4n) is 1.60. The molecule has 0 radical (unpaired) electrons. The largest absolute Gasteiger partial charge is 0.480 e. The van der Waals surface area contributed by atoms with Crippen LogP contribution in [-0.2, 0) is 20.8 Å². The Labute approximate surface area is 117 Å². The molecule has 0 aromatic heterocycles. The smallest absolute Gasteiger partial charge is 0.326 e. The molecule has 0 fully saturated rings. The van der Waals surface area contributed by atoms with E-state index in [2.05, 4.69) is 10.6 Å². The van der Waals surface area contributed by atoms with E-state index in [1.54, 1.807) is 31.2 Å². The lowest BCUT2D eigenvalue weighted by Gasteiger charge is -2.14. The van der Waals surface area contributed by atoms with Gasteiger partial charge >= 0.3 is 5.97 Å². The van der Waals surface area contributed by atoms with Crippen LogP contribution in [0, 0.1) is 0 Å². The molecule has 0 bridgehead atoms. The van der Waals surface area contributed by atoms with Crippen molar-refractivity contribution in [3.05, 3.63) is 35.9 Å². The number of carboxylic acid groups (broad SMARTS) is 1. The van der Waals surface area contributed by atoms with Crippen molar-refractivity contribution in [2.75, 3.05) is 6.54 Å². The molecule has 0 spiro atoms. The molecule has 1 aromatic carbocycles. The van der Waals surface area contributed by atoms with Gasteiger partial charge in [-0.2, -0.15) is 0 Å². The second-order valence-electron chi connectivity index (χ2n) is 4.28. The molecule has 0 unspecified atom stereocenters. The number of hydrogen-bond donors (Lipinski definition) is 3. The van der Waals surface area contributed by atoms with Crippen LogP contribution >= 0.6 is 0 Å². The lowest BCUT2D eigenvalue weighted by Crippen LogP contribution is -2.46. The Kier molecular flexibility index (Phi) is 6.22. The molecule has 20 heavy (non-hydrogen) atoms. The van der Waals surface area contributed by atoms with Gasteiger partial charge in [-0.05, 0) is 5.56 Å². The van der Waals surface area contributed by atoms with Gasteiger partial charge in [0.2, 0.25) is 11.8 Å². The van der Waals surface area contributed by atoms with Gasteiger partial charge in [-0.1, -0.05) is 37.3 Å². The first kappa shape index (κ1) is 15.7. The summed E-state index contributed by atoms with van der Waals surface area (Å²) in [6.45, 7) is 1.45. The number of amides is 2. The summed E-state index contributed by atoms with van der Waals surface area (Å²) in [5.41, 5.74) is 0.817. The van der Waals surface area contributed by atoms with Crippen molar-refractivity contribution < 1.29 is 19.5 Å². The minimum atomic E-state index is -1.11. The van der Waals surface area contributed by atoms with Crippen LogP contribution in [0.25, 0.3) is 0 Å². The van der Waals surface area contributed by atoms with Crippen molar-refractivity contribution in [2.45, 2.75) is 25.8 Å². The van der Waals surface area contributed by atoms with Crippen LogP contribution in [0.1, 0.15) is 18.9 Å². The number of carbonyl (C=O) groups is 3. The summed E-state index contributed by atoms with van der Waals surface area (Å²) < 4.78 is 0. The molecule has 0 saturated carbocycles. The maximum Gasteiger partial charge on any atom is 0.326 e. The Morgan fingerprint density at radius 3 is 2.35 bits per heavy atom. The van der Waals surface area contributed by atoms with Gasteiger partial charge in [0.05, 0.1) is 6.54 Å². The van der Waals surface area contributed by atoms with Crippen LogP contribution in [0.15, 0.2) is 30.3 Å². The summed E-state index contributed by atoms with van der Waals surface area (Å²) in [6, 6.07) is 8.01. The van der Waals surface area contributed by atoms with E-state index in [1.165, 1.54) is 0 Å². The first-order valence-corrected chi connectivity index (χ1v) is 6.35. The zero-order valence-electron chi connectivity index (χ0n) is 11.3. The van der Waals surface area contributed by atoms with Gasteiger partial charge in [-0.25, -0.2) is 4.79 Å². The summed E-state index contributed by atoms with van der Waals surface area (Å²) in [5.74, 6) is -1.88. The Morgan fingerprint density at radius 1 is 1.15 bits per heavy atom. The van der Waals surface area contributed by atoms with E-state index in [0.717, 1.165) is 5.56 Å². The monoisotopic (exact) mass is 278 g/mol. The summed E-state index contributed by atoms with van der Waals surface area (Å²) >= 11 is 0. The van der Waals surface area contributed by atoms with Crippen molar-refractivity contribution in [2.24, 2.45) is 0 Å². The fourth-order valence-corrected chi connectivity index (χ4v) is 1.60. The van der Waals surface area contributed by atoms with E-state index >= 15 is 0 Å². The number of rotatable bonds is 7. The molecule has 1 rings (SSSR count). The van der Waals surface area contributed by atoms with Crippen molar-refractivity contribution >= 4 is 17.8 Å². The number of aliphatic carboxylic acids is 1. The van der Waals surface area contributed by atoms with E-state index < -0.39 is 17.9 Å². The average molecular weight is 278 g/mol. The minimum Gasteiger partial charge on any atom is -0.480 e. The summed E-state index contributed by atoms with van der Waals surface area (Å²) in [6.07, 6.45) is 0.475. The van der Waals surface area contributed by atoms with Crippen LogP contribution in [0.3, 0.4) is 0 Å². The predicted molar refractivity (Wildman–Crippen MR) is 73.0 cm³/mol. The van der Waals surface area contributed by atoms with Gasteiger partial charge in [0.25, 0.3) is 0 Å². The maximum absolute atomic E-state index is 11.6. The van der Waals surface area contributed by atoms with Crippen LogP contribution in [0.4, 0.5) is 0 Å². The van der Waals surface area contributed by atoms with E-state index in [-0.39, 0.29) is 25.3 Å². The van der Waals surface area contributed by atoms with Crippen molar-refractivity contribution in [3.8, 4) is 0 Å². The summed E-state index contributed by atoms with van der Waals surface area (Å²) in [7, 11) is 0. The van der Waals surface area contributed by atoms with Crippen molar-refractivity contribution in [1.29, 1.82) is 0 Å². The highest BCUT2D eigenvalue weighted by atomic mass is 16.4. The molecule has 2 amide bonds. The second kappa shape index (κ2) is 7.93. The standard InChI is InChI=1S/C14H18N2O4/c1-2-12(17)15-9-13(18)16-11(14(19)20)8-10-6-4-3-5-7-10/h3-7,11H,2,8-9H2,1H3,(H,15,17)(H,16,18)(H,19,20)/t11-/m0/s1. The van der Waals surface area contributed by atoms with E-state index in [1.807, 2.05) is 6.07 Å². The Balaban J connectivity index is 2.53. The predicted octanol–water partition coefficient (Wildman–Crippen LogP) is 0.325. The van der Waals surface area contributed by atoms with E-state index in [4.69, 9.17) is 5.11 Å². The summed E-state index contributed by atoms with van der Waals surface area (Å²) in [5, 5.41) is 13.9. The zero-order chi connectivity index (χ0) is 15.0. The molecule has 0 saturated heterocycles. The first-order chi connectivity index (χ1) is 9.52.